The molecule has 2 heterocycles. The van der Waals surface area contributed by atoms with Gasteiger partial charge in [-0.3, -0.25) is 14.7 Å². The Morgan fingerprint density at radius 2 is 1.96 bits per heavy atom. The minimum Gasteiger partial charge on any atom is -0.310 e. The summed E-state index contributed by atoms with van der Waals surface area (Å²) in [5.41, 5.74) is 2.98. The maximum absolute atomic E-state index is 12.5. The number of benzene rings is 1. The molecule has 1 N–H and O–H groups in total. The summed E-state index contributed by atoms with van der Waals surface area (Å²) >= 11 is 6.06. The second-order valence-corrected chi connectivity index (χ2v) is 6.97. The van der Waals surface area contributed by atoms with Crippen LogP contribution in [0, 0.1) is 6.92 Å². The van der Waals surface area contributed by atoms with Gasteiger partial charge in [-0.2, -0.15) is 5.10 Å². The Balaban J connectivity index is 1.62. The Morgan fingerprint density at radius 3 is 2.70 bits per heavy atom. The minimum absolute atomic E-state index is 0.0844. The first-order chi connectivity index (χ1) is 13.0. The molecule has 0 unspecified atom stereocenters. The summed E-state index contributed by atoms with van der Waals surface area (Å²) in [6.07, 6.45) is 3.50. The van der Waals surface area contributed by atoms with Crippen LogP contribution in [0.4, 0.5) is 5.82 Å². The van der Waals surface area contributed by atoms with E-state index in [1.807, 2.05) is 61.3 Å². The average Bonchev–Trinajstić information content (AvgIpc) is 2.94. The molecule has 0 aliphatic rings. The molecule has 0 atom stereocenters. The number of aryl methyl sites for hydroxylation is 1. The van der Waals surface area contributed by atoms with Crippen LogP contribution in [-0.2, 0) is 17.9 Å². The number of hydrogen-bond acceptors (Lipinski definition) is 4. The molecule has 6 nitrogen and oxygen atoms in total. The second-order valence-electron chi connectivity index (χ2n) is 6.53. The van der Waals surface area contributed by atoms with Crippen molar-refractivity contribution in [3.63, 3.8) is 0 Å². The fraction of sp³-hybridized carbons (Fsp3) is 0.250. The molecule has 3 aromatic rings. The molecule has 140 valence electrons. The Kier molecular flexibility index (Phi) is 6.21. The van der Waals surface area contributed by atoms with Gasteiger partial charge >= 0.3 is 0 Å². The van der Waals surface area contributed by atoms with E-state index in [9.17, 15) is 4.79 Å². The Bertz CT molecular complexity index is 910. The van der Waals surface area contributed by atoms with E-state index in [1.165, 1.54) is 0 Å². The number of nitrogens with one attached hydrogen (secondary N) is 1. The smallest absolute Gasteiger partial charge is 0.239 e. The number of aromatic nitrogens is 3. The van der Waals surface area contributed by atoms with E-state index in [0.29, 0.717) is 23.9 Å². The number of hydrogen-bond donors (Lipinski definition) is 1. The normalized spacial score (nSPS) is 11.0. The number of anilines is 1. The molecular weight excluding hydrogens is 362 g/mol. The SMILES string of the molecule is Cc1cc(NC(=O)CN(C)Cc2ccncc2)n(Cc2cccc(Cl)c2)n1. The number of rotatable bonds is 7. The van der Waals surface area contributed by atoms with Crippen molar-refractivity contribution in [1.29, 1.82) is 0 Å². The maximum Gasteiger partial charge on any atom is 0.239 e. The summed E-state index contributed by atoms with van der Waals surface area (Å²) in [5, 5.41) is 8.11. The average molecular weight is 384 g/mol. The summed E-state index contributed by atoms with van der Waals surface area (Å²) < 4.78 is 1.78. The van der Waals surface area contributed by atoms with E-state index >= 15 is 0 Å². The highest BCUT2D eigenvalue weighted by Gasteiger charge is 2.12. The monoisotopic (exact) mass is 383 g/mol. The zero-order valence-electron chi connectivity index (χ0n) is 15.4. The van der Waals surface area contributed by atoms with Crippen molar-refractivity contribution >= 4 is 23.3 Å². The van der Waals surface area contributed by atoms with Gasteiger partial charge in [-0.15, -0.1) is 0 Å². The van der Waals surface area contributed by atoms with Gasteiger partial charge in [0.25, 0.3) is 0 Å². The number of pyridine rings is 1. The fourth-order valence-electron chi connectivity index (χ4n) is 2.86. The third-order valence-corrected chi connectivity index (χ3v) is 4.24. The molecule has 27 heavy (non-hydrogen) atoms. The number of carbonyl (C=O) groups is 1. The van der Waals surface area contributed by atoms with Crippen LogP contribution in [0.25, 0.3) is 0 Å². The minimum atomic E-state index is -0.0844. The van der Waals surface area contributed by atoms with Crippen molar-refractivity contribution in [1.82, 2.24) is 19.7 Å². The van der Waals surface area contributed by atoms with Crippen LogP contribution in [0.15, 0.2) is 54.9 Å². The molecule has 1 amide bonds. The zero-order valence-corrected chi connectivity index (χ0v) is 16.1. The highest BCUT2D eigenvalue weighted by atomic mass is 35.5. The van der Waals surface area contributed by atoms with Crippen molar-refractivity contribution in [3.8, 4) is 0 Å². The van der Waals surface area contributed by atoms with E-state index in [2.05, 4.69) is 15.4 Å². The first-order valence-electron chi connectivity index (χ1n) is 8.66. The topological polar surface area (TPSA) is 63.1 Å². The van der Waals surface area contributed by atoms with Gasteiger partial charge in [0.1, 0.15) is 5.82 Å². The molecule has 0 aliphatic heterocycles. The first-order valence-corrected chi connectivity index (χ1v) is 9.03. The molecule has 0 saturated carbocycles. The predicted octanol–water partition coefficient (Wildman–Crippen LogP) is 3.36. The van der Waals surface area contributed by atoms with Crippen LogP contribution in [0.1, 0.15) is 16.8 Å². The molecule has 0 radical (unpaired) electrons. The number of carbonyl (C=O) groups excluding carboxylic acids is 1. The summed E-state index contributed by atoms with van der Waals surface area (Å²) in [4.78, 5) is 18.4. The van der Waals surface area contributed by atoms with Gasteiger partial charge in [0.2, 0.25) is 5.91 Å². The van der Waals surface area contributed by atoms with Gasteiger partial charge in [0.15, 0.2) is 0 Å². The number of likely N-dealkylation sites (N-methyl/N-ethyl adjacent to an activating group) is 1. The molecule has 0 bridgehead atoms. The summed E-state index contributed by atoms with van der Waals surface area (Å²) in [5.74, 6) is 0.591. The van der Waals surface area contributed by atoms with Crippen LogP contribution in [-0.4, -0.2) is 39.2 Å². The van der Waals surface area contributed by atoms with E-state index in [0.717, 1.165) is 16.8 Å². The van der Waals surface area contributed by atoms with Crippen molar-refractivity contribution < 1.29 is 4.79 Å². The Morgan fingerprint density at radius 1 is 1.19 bits per heavy atom. The molecule has 0 fully saturated rings. The Hall–Kier alpha value is -2.70. The van der Waals surface area contributed by atoms with Crippen molar-refractivity contribution in [2.24, 2.45) is 0 Å². The van der Waals surface area contributed by atoms with Gasteiger partial charge < -0.3 is 5.32 Å². The quantitative estimate of drug-likeness (QED) is 0.679. The van der Waals surface area contributed by atoms with E-state index < -0.39 is 0 Å². The van der Waals surface area contributed by atoms with Crippen molar-refractivity contribution in [3.05, 3.63) is 76.7 Å². The number of nitrogens with zero attached hydrogens (tertiary/aromatic N) is 4. The van der Waals surface area contributed by atoms with Gasteiger partial charge in [-0.1, -0.05) is 23.7 Å². The molecule has 1 aromatic carbocycles. The molecule has 3 rings (SSSR count). The molecule has 0 aliphatic carbocycles. The molecule has 0 spiro atoms. The molecule has 7 heteroatoms. The third kappa shape index (κ3) is 5.64. The maximum atomic E-state index is 12.5. The fourth-order valence-corrected chi connectivity index (χ4v) is 3.07. The lowest BCUT2D eigenvalue weighted by atomic mass is 10.2. The first kappa shape index (κ1) is 19.1. The molecule has 2 aromatic heterocycles. The van der Waals surface area contributed by atoms with Crippen LogP contribution < -0.4 is 5.32 Å². The van der Waals surface area contributed by atoms with E-state index in [1.54, 1.807) is 17.1 Å². The zero-order chi connectivity index (χ0) is 19.2. The van der Waals surface area contributed by atoms with E-state index in [4.69, 9.17) is 11.6 Å². The number of halogens is 1. The largest absolute Gasteiger partial charge is 0.310 e. The van der Waals surface area contributed by atoms with Crippen molar-refractivity contribution in [2.75, 3.05) is 18.9 Å². The van der Waals surface area contributed by atoms with Gasteiger partial charge in [-0.25, -0.2) is 4.68 Å². The predicted molar refractivity (Wildman–Crippen MR) is 107 cm³/mol. The van der Waals surface area contributed by atoms with Crippen LogP contribution >= 0.6 is 11.6 Å². The summed E-state index contributed by atoms with van der Waals surface area (Å²) in [6.45, 7) is 3.40. The van der Waals surface area contributed by atoms with Gasteiger partial charge in [0.05, 0.1) is 18.8 Å². The van der Waals surface area contributed by atoms with Crippen LogP contribution in [0.3, 0.4) is 0 Å². The van der Waals surface area contributed by atoms with Crippen molar-refractivity contribution in [2.45, 2.75) is 20.0 Å². The van der Waals surface area contributed by atoms with Gasteiger partial charge in [0, 0.05) is 30.0 Å². The number of amides is 1. The van der Waals surface area contributed by atoms with Crippen LogP contribution in [0.5, 0.6) is 0 Å². The third-order valence-electron chi connectivity index (χ3n) is 4.01. The highest BCUT2D eigenvalue weighted by Crippen LogP contribution is 2.16. The summed E-state index contributed by atoms with van der Waals surface area (Å²) in [7, 11) is 1.91. The van der Waals surface area contributed by atoms with Crippen LogP contribution in [0.2, 0.25) is 5.02 Å². The van der Waals surface area contributed by atoms with E-state index in [-0.39, 0.29) is 12.5 Å². The molecule has 0 saturated heterocycles. The lowest BCUT2D eigenvalue weighted by Crippen LogP contribution is -2.30. The summed E-state index contributed by atoms with van der Waals surface area (Å²) in [6, 6.07) is 13.4. The van der Waals surface area contributed by atoms with Gasteiger partial charge in [-0.05, 0) is 49.4 Å². The lowest BCUT2D eigenvalue weighted by Gasteiger charge is -2.16. The highest BCUT2D eigenvalue weighted by molar-refractivity contribution is 6.30. The lowest BCUT2D eigenvalue weighted by molar-refractivity contribution is -0.117. The Labute approximate surface area is 163 Å². The standard InChI is InChI=1S/C20H22ClN5O/c1-15-10-19(26(24-15)13-17-4-3-5-18(21)11-17)23-20(27)14-25(2)12-16-6-8-22-9-7-16/h3-11H,12-14H2,1-2H3,(H,23,27). The molecular formula is C20H22ClN5O. The second kappa shape index (κ2) is 8.79.